The van der Waals surface area contributed by atoms with Crippen LogP contribution in [0.4, 0.5) is 0 Å². The highest BCUT2D eigenvalue weighted by molar-refractivity contribution is 5.34. The van der Waals surface area contributed by atoms with Crippen molar-refractivity contribution < 1.29 is 5.11 Å². The summed E-state index contributed by atoms with van der Waals surface area (Å²) in [6.07, 6.45) is 15.7. The van der Waals surface area contributed by atoms with Crippen molar-refractivity contribution in [3.8, 4) is 0 Å². The maximum absolute atomic E-state index is 9.50. The van der Waals surface area contributed by atoms with E-state index in [0.29, 0.717) is 29.3 Å². The van der Waals surface area contributed by atoms with E-state index in [4.69, 9.17) is 0 Å². The van der Waals surface area contributed by atoms with Crippen LogP contribution in [-0.4, -0.2) is 11.7 Å². The van der Waals surface area contributed by atoms with E-state index in [9.17, 15) is 5.11 Å². The van der Waals surface area contributed by atoms with Gasteiger partial charge in [-0.15, -0.1) is 0 Å². The number of aliphatic hydroxyl groups excluding tert-OH is 1. The lowest BCUT2D eigenvalue weighted by molar-refractivity contribution is -0.0202. The van der Waals surface area contributed by atoms with Crippen molar-refractivity contribution in [2.75, 3.05) is 6.61 Å². The van der Waals surface area contributed by atoms with Gasteiger partial charge in [0.15, 0.2) is 0 Å². The highest BCUT2D eigenvalue weighted by atomic mass is 16.3. The van der Waals surface area contributed by atoms with Crippen LogP contribution in [0.5, 0.6) is 0 Å². The van der Waals surface area contributed by atoms with Crippen molar-refractivity contribution in [2.24, 2.45) is 52.3 Å². The number of hydrogen-bond donors (Lipinski definition) is 1. The smallest absolute Gasteiger partial charge is 0.0459 e. The van der Waals surface area contributed by atoms with E-state index in [1.807, 2.05) is 11.1 Å². The molecule has 0 aliphatic heterocycles. The number of hydrogen-bond acceptors (Lipinski definition) is 1. The van der Waals surface area contributed by atoms with Crippen LogP contribution in [0.3, 0.4) is 0 Å². The lowest BCUT2D eigenvalue weighted by Gasteiger charge is -2.58. The molecule has 9 atom stereocenters. The summed E-state index contributed by atoms with van der Waals surface area (Å²) in [7, 11) is 0. The quantitative estimate of drug-likeness (QED) is 0.436. The largest absolute Gasteiger partial charge is 0.396 e. The van der Waals surface area contributed by atoms with Crippen LogP contribution in [0.15, 0.2) is 11.1 Å². The van der Waals surface area contributed by atoms with Crippen molar-refractivity contribution in [3.05, 3.63) is 11.1 Å². The molecule has 0 heterocycles. The zero-order valence-electron chi connectivity index (χ0n) is 21.0. The molecule has 1 N–H and O–H groups in total. The SMILES string of the molecule is CC(CO)C(C)CC[C@@H](C)[C@H]1CCC2=C3CCC4C(C)CCC[C@]4(C)[C@H]3CC[C@@]21C. The molecule has 0 aromatic rings. The Hall–Kier alpha value is -0.300. The number of rotatable bonds is 6. The van der Waals surface area contributed by atoms with Crippen molar-refractivity contribution in [1.29, 1.82) is 0 Å². The molecule has 3 saturated carbocycles. The van der Waals surface area contributed by atoms with Crippen molar-refractivity contribution in [3.63, 3.8) is 0 Å². The summed E-state index contributed by atoms with van der Waals surface area (Å²) >= 11 is 0. The van der Waals surface area contributed by atoms with E-state index in [2.05, 4.69) is 41.5 Å². The fourth-order valence-electron chi connectivity index (χ4n) is 9.18. The van der Waals surface area contributed by atoms with Gasteiger partial charge in [0.1, 0.15) is 0 Å². The Morgan fingerprint density at radius 3 is 2.43 bits per heavy atom. The van der Waals surface area contributed by atoms with Gasteiger partial charge in [-0.1, -0.05) is 78.4 Å². The summed E-state index contributed by atoms with van der Waals surface area (Å²) in [5, 5.41) is 9.50. The summed E-state index contributed by atoms with van der Waals surface area (Å²) in [6.45, 7) is 15.3. The Bertz CT molecular complexity index is 649. The summed E-state index contributed by atoms with van der Waals surface area (Å²) in [6, 6.07) is 0. The molecule has 0 spiro atoms. The second kappa shape index (κ2) is 8.57. The monoisotopic (exact) mass is 414 g/mol. The molecule has 30 heavy (non-hydrogen) atoms. The minimum absolute atomic E-state index is 0.340. The van der Waals surface area contributed by atoms with E-state index in [1.165, 1.54) is 70.6 Å². The molecule has 4 aliphatic rings. The van der Waals surface area contributed by atoms with Gasteiger partial charge in [-0.2, -0.15) is 0 Å². The van der Waals surface area contributed by atoms with Crippen LogP contribution >= 0.6 is 0 Å². The van der Waals surface area contributed by atoms with Gasteiger partial charge in [0.25, 0.3) is 0 Å². The Balaban J connectivity index is 1.52. The average molecular weight is 415 g/mol. The summed E-state index contributed by atoms with van der Waals surface area (Å²) in [5.41, 5.74) is 5.00. The molecule has 0 amide bonds. The first kappa shape index (κ1) is 22.9. The molecular weight excluding hydrogens is 364 g/mol. The first-order valence-electron chi connectivity index (χ1n) is 13.6. The van der Waals surface area contributed by atoms with Crippen LogP contribution in [0.1, 0.15) is 112 Å². The fraction of sp³-hybridized carbons (Fsp3) is 0.931. The van der Waals surface area contributed by atoms with Gasteiger partial charge in [-0.3, -0.25) is 0 Å². The standard InChI is InChI=1S/C29H50O/c1-19(22(4)18-30)9-10-21(3)25-13-14-26-23-11-12-24-20(2)8-7-16-28(24,5)27(23)15-17-29(25,26)6/h19-22,24-25,27,30H,7-18H2,1-6H3/t19?,20?,21-,22?,24?,25-,27+,28+,29-/m1/s1. The van der Waals surface area contributed by atoms with Crippen LogP contribution in [-0.2, 0) is 0 Å². The first-order valence-corrected chi connectivity index (χ1v) is 13.6. The van der Waals surface area contributed by atoms with Crippen molar-refractivity contribution in [2.45, 2.75) is 112 Å². The second-order valence-corrected chi connectivity index (χ2v) is 12.9. The van der Waals surface area contributed by atoms with Crippen LogP contribution in [0.25, 0.3) is 0 Å². The van der Waals surface area contributed by atoms with E-state index >= 15 is 0 Å². The molecular formula is C29H50O. The van der Waals surface area contributed by atoms with Gasteiger partial charge in [0.2, 0.25) is 0 Å². The highest BCUT2D eigenvalue weighted by Crippen LogP contribution is 2.66. The van der Waals surface area contributed by atoms with Crippen LogP contribution in [0.2, 0.25) is 0 Å². The molecule has 4 unspecified atom stereocenters. The molecule has 4 rings (SSSR count). The number of allylic oxidation sites excluding steroid dienone is 2. The van der Waals surface area contributed by atoms with Gasteiger partial charge < -0.3 is 5.11 Å². The molecule has 0 aromatic heterocycles. The Morgan fingerprint density at radius 2 is 1.70 bits per heavy atom. The lowest BCUT2D eigenvalue weighted by atomic mass is 9.47. The molecule has 3 fully saturated rings. The Morgan fingerprint density at radius 1 is 0.933 bits per heavy atom. The van der Waals surface area contributed by atoms with E-state index < -0.39 is 0 Å². The molecule has 0 radical (unpaired) electrons. The van der Waals surface area contributed by atoms with Crippen molar-refractivity contribution in [1.82, 2.24) is 0 Å². The van der Waals surface area contributed by atoms with Gasteiger partial charge >= 0.3 is 0 Å². The maximum atomic E-state index is 9.50. The second-order valence-electron chi connectivity index (χ2n) is 12.9. The van der Waals surface area contributed by atoms with Crippen LogP contribution < -0.4 is 0 Å². The van der Waals surface area contributed by atoms with Crippen molar-refractivity contribution >= 4 is 0 Å². The Labute approximate surface area is 187 Å². The normalized spacial score (nSPS) is 44.1. The van der Waals surface area contributed by atoms with Gasteiger partial charge in [-0.05, 0) is 97.2 Å². The molecule has 0 aromatic carbocycles. The molecule has 0 saturated heterocycles. The lowest BCUT2D eigenvalue weighted by Crippen LogP contribution is -2.48. The molecule has 1 nitrogen and oxygen atoms in total. The third kappa shape index (κ3) is 3.64. The highest BCUT2D eigenvalue weighted by Gasteiger charge is 2.55. The zero-order chi connectivity index (χ0) is 21.7. The number of aliphatic hydroxyl groups is 1. The summed E-state index contributed by atoms with van der Waals surface area (Å²) in [5.74, 6) is 5.62. The third-order valence-electron chi connectivity index (χ3n) is 11.4. The summed E-state index contributed by atoms with van der Waals surface area (Å²) < 4.78 is 0. The molecule has 172 valence electrons. The fourth-order valence-corrected chi connectivity index (χ4v) is 9.18. The molecule has 1 heteroatoms. The maximum Gasteiger partial charge on any atom is 0.0459 e. The van der Waals surface area contributed by atoms with E-state index in [-0.39, 0.29) is 0 Å². The molecule has 0 bridgehead atoms. The zero-order valence-corrected chi connectivity index (χ0v) is 21.0. The Kier molecular flexibility index (Phi) is 6.53. The third-order valence-corrected chi connectivity index (χ3v) is 11.4. The molecule has 4 aliphatic carbocycles. The average Bonchev–Trinajstić information content (AvgIpc) is 3.08. The number of fused-ring (bicyclic) bond motifs is 4. The first-order chi connectivity index (χ1) is 14.2. The minimum Gasteiger partial charge on any atom is -0.396 e. The van der Waals surface area contributed by atoms with Crippen LogP contribution in [0, 0.1) is 52.3 Å². The predicted molar refractivity (Wildman–Crippen MR) is 128 cm³/mol. The summed E-state index contributed by atoms with van der Waals surface area (Å²) in [4.78, 5) is 0. The van der Waals surface area contributed by atoms with Gasteiger partial charge in [0.05, 0.1) is 0 Å². The van der Waals surface area contributed by atoms with E-state index in [0.717, 1.165) is 29.6 Å². The van der Waals surface area contributed by atoms with E-state index in [1.54, 1.807) is 0 Å². The van der Waals surface area contributed by atoms with Gasteiger partial charge in [-0.25, -0.2) is 0 Å². The topological polar surface area (TPSA) is 20.2 Å². The minimum atomic E-state index is 0.340. The van der Waals surface area contributed by atoms with Gasteiger partial charge in [0, 0.05) is 6.61 Å². The predicted octanol–water partition coefficient (Wildman–Crippen LogP) is 8.03.